The third kappa shape index (κ3) is 2.21. The number of hydrogen-bond donors (Lipinski definition) is 0. The Bertz CT molecular complexity index is 343. The first kappa shape index (κ1) is 10.2. The van der Waals surface area contributed by atoms with Crippen molar-refractivity contribution in [2.75, 3.05) is 32.0 Å². The molecule has 82 valence electrons. The quantitative estimate of drug-likeness (QED) is 0.561. The van der Waals surface area contributed by atoms with E-state index in [4.69, 9.17) is 9.47 Å². The van der Waals surface area contributed by atoms with Crippen LogP contribution in [0.4, 0.5) is 10.2 Å². The molecule has 0 saturated carbocycles. The van der Waals surface area contributed by atoms with Gasteiger partial charge in [-0.15, -0.1) is 0 Å². The average molecular weight is 211 g/mol. The average Bonchev–Trinajstić information content (AvgIpc) is 2.61. The third-order valence-electron chi connectivity index (χ3n) is 2.45. The fourth-order valence-electron chi connectivity index (χ4n) is 1.65. The van der Waals surface area contributed by atoms with Crippen LogP contribution in [0.15, 0.2) is 18.2 Å². The van der Waals surface area contributed by atoms with Crippen LogP contribution >= 0.6 is 0 Å². The van der Waals surface area contributed by atoms with Crippen molar-refractivity contribution in [1.82, 2.24) is 0 Å². The molecule has 0 aromatic heterocycles. The van der Waals surface area contributed by atoms with Crippen molar-refractivity contribution in [2.24, 2.45) is 0 Å². The first-order chi connectivity index (χ1) is 7.31. The molecule has 0 fully saturated rings. The van der Waals surface area contributed by atoms with Crippen LogP contribution in [0.25, 0.3) is 0 Å². The van der Waals surface area contributed by atoms with E-state index in [9.17, 15) is 4.48 Å². The Morgan fingerprint density at radius 3 is 3.07 bits per heavy atom. The minimum Gasteiger partial charge on any atom is -0.491 e. The van der Waals surface area contributed by atoms with Gasteiger partial charge in [-0.2, -0.15) is 0 Å². The van der Waals surface area contributed by atoms with E-state index in [2.05, 4.69) is 0 Å². The molecule has 2 rings (SSSR count). The molecule has 0 N–H and O–H groups in total. The minimum absolute atomic E-state index is 0.441. The van der Waals surface area contributed by atoms with Gasteiger partial charge in [-0.05, 0) is 18.1 Å². The highest BCUT2D eigenvalue weighted by molar-refractivity contribution is 5.58. The topological polar surface area (TPSA) is 21.7 Å². The Morgan fingerprint density at radius 2 is 2.27 bits per heavy atom. The van der Waals surface area contributed by atoms with E-state index in [1.807, 2.05) is 12.1 Å². The standard InChI is InChI=1S/C11H14FNO2/c1-14-6-7-15-10-3-2-9-4-5-13(12)11(9)8-10/h2-3,8H,4-7H2,1H3. The summed E-state index contributed by atoms with van der Waals surface area (Å²) >= 11 is 0. The molecule has 0 atom stereocenters. The van der Waals surface area contributed by atoms with Gasteiger partial charge in [-0.3, -0.25) is 0 Å². The summed E-state index contributed by atoms with van der Waals surface area (Å²) in [5.74, 6) is 0.690. The molecule has 1 aliphatic heterocycles. The lowest BCUT2D eigenvalue weighted by Gasteiger charge is -2.09. The number of anilines is 1. The van der Waals surface area contributed by atoms with Crippen LogP contribution in [-0.4, -0.2) is 26.9 Å². The fraction of sp³-hybridized carbons (Fsp3) is 0.455. The second kappa shape index (κ2) is 4.49. The molecule has 0 amide bonds. The van der Waals surface area contributed by atoms with Crippen LogP contribution in [0.2, 0.25) is 0 Å². The molecule has 0 aliphatic carbocycles. The molecule has 4 heteroatoms. The molecular formula is C11H14FNO2. The zero-order valence-corrected chi connectivity index (χ0v) is 8.70. The lowest BCUT2D eigenvalue weighted by molar-refractivity contribution is 0.146. The highest BCUT2D eigenvalue weighted by Gasteiger charge is 2.19. The van der Waals surface area contributed by atoms with Gasteiger partial charge in [-0.1, -0.05) is 10.5 Å². The van der Waals surface area contributed by atoms with Crippen molar-refractivity contribution in [3.8, 4) is 5.75 Å². The minimum atomic E-state index is 0.441. The van der Waals surface area contributed by atoms with Crippen LogP contribution in [0.3, 0.4) is 0 Å². The third-order valence-corrected chi connectivity index (χ3v) is 2.45. The van der Waals surface area contributed by atoms with Crippen molar-refractivity contribution in [1.29, 1.82) is 0 Å². The Morgan fingerprint density at radius 1 is 1.40 bits per heavy atom. The van der Waals surface area contributed by atoms with Crippen LogP contribution in [0.5, 0.6) is 5.75 Å². The number of nitrogens with zero attached hydrogens (tertiary/aromatic N) is 1. The molecule has 0 unspecified atom stereocenters. The van der Waals surface area contributed by atoms with Crippen LogP contribution < -0.4 is 9.86 Å². The normalized spacial score (nSPS) is 14.1. The molecule has 0 bridgehead atoms. The van der Waals surface area contributed by atoms with Crippen molar-refractivity contribution in [3.63, 3.8) is 0 Å². The Kier molecular flexibility index (Phi) is 3.06. The molecular weight excluding hydrogens is 197 g/mol. The van der Waals surface area contributed by atoms with E-state index in [1.165, 1.54) is 0 Å². The van der Waals surface area contributed by atoms with E-state index >= 15 is 0 Å². The Balaban J connectivity index is 2.05. The van der Waals surface area contributed by atoms with Crippen molar-refractivity contribution in [2.45, 2.75) is 6.42 Å². The first-order valence-corrected chi connectivity index (χ1v) is 4.99. The summed E-state index contributed by atoms with van der Waals surface area (Å²) in [5, 5.41) is 0.762. The van der Waals surface area contributed by atoms with Gasteiger partial charge in [0.2, 0.25) is 0 Å². The zero-order chi connectivity index (χ0) is 10.7. The summed E-state index contributed by atoms with van der Waals surface area (Å²) in [6.07, 6.45) is 0.768. The van der Waals surface area contributed by atoms with Gasteiger partial charge in [0, 0.05) is 13.2 Å². The second-order valence-corrected chi connectivity index (χ2v) is 3.47. The number of fused-ring (bicyclic) bond motifs is 1. The Labute approximate surface area is 88.3 Å². The summed E-state index contributed by atoms with van der Waals surface area (Å²) in [6, 6.07) is 5.52. The zero-order valence-electron chi connectivity index (χ0n) is 8.70. The van der Waals surface area contributed by atoms with E-state index in [0.717, 1.165) is 17.1 Å². The molecule has 15 heavy (non-hydrogen) atoms. The van der Waals surface area contributed by atoms with Crippen molar-refractivity contribution < 1.29 is 14.0 Å². The molecule has 0 saturated heterocycles. The van der Waals surface area contributed by atoms with Crippen LogP contribution in [-0.2, 0) is 11.2 Å². The van der Waals surface area contributed by atoms with Crippen LogP contribution in [0, 0.1) is 0 Å². The second-order valence-electron chi connectivity index (χ2n) is 3.47. The van der Waals surface area contributed by atoms with Crippen molar-refractivity contribution in [3.05, 3.63) is 23.8 Å². The molecule has 1 heterocycles. The lowest BCUT2D eigenvalue weighted by Crippen LogP contribution is -2.07. The smallest absolute Gasteiger partial charge is 0.121 e. The Hall–Kier alpha value is -1.29. The van der Waals surface area contributed by atoms with Gasteiger partial charge >= 0.3 is 0 Å². The molecule has 0 radical (unpaired) electrons. The summed E-state index contributed by atoms with van der Waals surface area (Å²) in [5.41, 5.74) is 1.67. The maximum atomic E-state index is 13.2. The highest BCUT2D eigenvalue weighted by Crippen LogP contribution is 2.31. The summed E-state index contributed by atoms with van der Waals surface area (Å²) in [4.78, 5) is 0. The summed E-state index contributed by atoms with van der Waals surface area (Å²) in [7, 11) is 1.62. The number of benzene rings is 1. The number of methoxy groups -OCH3 is 1. The largest absolute Gasteiger partial charge is 0.491 e. The van der Waals surface area contributed by atoms with Crippen molar-refractivity contribution >= 4 is 5.69 Å². The SMILES string of the molecule is COCCOc1ccc2c(c1)N(F)CC2. The maximum absolute atomic E-state index is 13.2. The predicted octanol–water partition coefficient (Wildman–Crippen LogP) is 1.96. The van der Waals surface area contributed by atoms with Crippen LogP contribution in [0.1, 0.15) is 5.56 Å². The van der Waals surface area contributed by atoms with Gasteiger partial charge < -0.3 is 9.47 Å². The summed E-state index contributed by atoms with van der Waals surface area (Å²) in [6.45, 7) is 1.47. The van der Waals surface area contributed by atoms with Gasteiger partial charge in [0.1, 0.15) is 12.4 Å². The fourth-order valence-corrected chi connectivity index (χ4v) is 1.65. The van der Waals surface area contributed by atoms with Gasteiger partial charge in [0.05, 0.1) is 18.8 Å². The summed E-state index contributed by atoms with van der Waals surface area (Å²) < 4.78 is 23.5. The highest BCUT2D eigenvalue weighted by atomic mass is 19.2. The predicted molar refractivity (Wildman–Crippen MR) is 56.0 cm³/mol. The van der Waals surface area contributed by atoms with E-state index in [-0.39, 0.29) is 0 Å². The molecule has 1 aromatic carbocycles. The number of rotatable bonds is 4. The van der Waals surface area contributed by atoms with E-state index < -0.39 is 0 Å². The number of ether oxygens (including phenoxy) is 2. The van der Waals surface area contributed by atoms with Gasteiger partial charge in [-0.25, -0.2) is 5.12 Å². The first-order valence-electron chi connectivity index (χ1n) is 4.99. The van der Waals surface area contributed by atoms with E-state index in [1.54, 1.807) is 13.2 Å². The number of hydrogen-bond acceptors (Lipinski definition) is 3. The maximum Gasteiger partial charge on any atom is 0.121 e. The molecule has 0 spiro atoms. The monoisotopic (exact) mass is 211 g/mol. The lowest BCUT2D eigenvalue weighted by atomic mass is 10.1. The van der Waals surface area contributed by atoms with Gasteiger partial charge in [0.15, 0.2) is 0 Å². The van der Waals surface area contributed by atoms with Gasteiger partial charge in [0.25, 0.3) is 0 Å². The van der Waals surface area contributed by atoms with E-state index in [0.29, 0.717) is 31.2 Å². The molecule has 1 aromatic rings. The molecule has 1 aliphatic rings. The molecule has 3 nitrogen and oxygen atoms in total. The number of halogens is 1.